The Hall–Kier alpha value is -2.10. The molecule has 4 heteroatoms. The molecule has 0 aromatic heterocycles. The SMILES string of the molecule is CCC/C=C1\OC(=O)C2=C[C@H]3CC[C@]21[C@H]1C2=C4C(=C(C5(CC)CCCC5)CC[C@@H]4C[C@@H]31)OC2=O. The van der Waals surface area contributed by atoms with E-state index in [-0.39, 0.29) is 23.3 Å². The molecule has 0 amide bonds. The van der Waals surface area contributed by atoms with Gasteiger partial charge in [-0.1, -0.05) is 39.2 Å². The fraction of sp³-hybridized carbons (Fsp3) is 0.667. The summed E-state index contributed by atoms with van der Waals surface area (Å²) in [5.41, 5.74) is 4.20. The number of esters is 2. The molecule has 0 radical (unpaired) electrons. The molecule has 3 fully saturated rings. The van der Waals surface area contributed by atoms with Crippen molar-refractivity contribution in [2.75, 3.05) is 0 Å². The number of hydrogen-bond donors (Lipinski definition) is 0. The first-order valence-corrected chi connectivity index (χ1v) is 13.9. The lowest BCUT2D eigenvalue weighted by Gasteiger charge is -2.55. The molecule has 8 rings (SSSR count). The summed E-state index contributed by atoms with van der Waals surface area (Å²) in [6.07, 6.45) is 17.8. The average Bonchev–Trinajstić information content (AvgIpc) is 3.55. The number of carbonyl (C=O) groups is 2. The van der Waals surface area contributed by atoms with E-state index in [4.69, 9.17) is 9.47 Å². The monoisotopic (exact) mass is 460 g/mol. The second-order valence-electron chi connectivity index (χ2n) is 12.0. The first-order chi connectivity index (χ1) is 16.5. The third-order valence-electron chi connectivity index (χ3n) is 10.8. The van der Waals surface area contributed by atoms with Crippen LogP contribution in [0, 0.1) is 34.5 Å². The topological polar surface area (TPSA) is 52.6 Å². The van der Waals surface area contributed by atoms with Gasteiger partial charge < -0.3 is 9.47 Å². The summed E-state index contributed by atoms with van der Waals surface area (Å²) in [4.78, 5) is 26.8. The van der Waals surface area contributed by atoms with Gasteiger partial charge in [-0.05, 0) is 92.6 Å². The highest BCUT2D eigenvalue weighted by molar-refractivity contribution is 6.00. The van der Waals surface area contributed by atoms with Crippen molar-refractivity contribution in [1.29, 1.82) is 0 Å². The molecule has 0 unspecified atom stereocenters. The van der Waals surface area contributed by atoms with Gasteiger partial charge >= 0.3 is 11.9 Å². The normalized spacial score (nSPS) is 40.3. The van der Waals surface area contributed by atoms with Crippen LogP contribution in [0.4, 0.5) is 0 Å². The number of hydrogen-bond acceptors (Lipinski definition) is 4. The number of ether oxygens (including phenoxy) is 2. The molecule has 4 nitrogen and oxygen atoms in total. The van der Waals surface area contributed by atoms with Crippen LogP contribution in [-0.4, -0.2) is 11.9 Å². The summed E-state index contributed by atoms with van der Waals surface area (Å²) in [5.74, 6) is 2.71. The third-order valence-corrected chi connectivity index (χ3v) is 10.8. The Morgan fingerprint density at radius 1 is 1.03 bits per heavy atom. The second-order valence-corrected chi connectivity index (χ2v) is 12.0. The molecular formula is C30H36O4. The van der Waals surface area contributed by atoms with Crippen LogP contribution in [0.25, 0.3) is 0 Å². The Morgan fingerprint density at radius 2 is 1.85 bits per heavy atom. The van der Waals surface area contributed by atoms with E-state index in [1.165, 1.54) is 36.8 Å². The minimum absolute atomic E-state index is 0.0255. The molecular weight excluding hydrogens is 424 g/mol. The highest BCUT2D eigenvalue weighted by atomic mass is 16.5. The second kappa shape index (κ2) is 7.21. The lowest BCUT2D eigenvalue weighted by molar-refractivity contribution is -0.135. The van der Waals surface area contributed by atoms with Crippen LogP contribution in [0.15, 0.2) is 46.0 Å². The maximum Gasteiger partial charge on any atom is 0.340 e. The molecule has 2 heterocycles. The highest BCUT2D eigenvalue weighted by Gasteiger charge is 2.67. The predicted octanol–water partition coefficient (Wildman–Crippen LogP) is 6.69. The Kier molecular flexibility index (Phi) is 4.50. The van der Waals surface area contributed by atoms with Gasteiger partial charge in [0.25, 0.3) is 0 Å². The molecule has 8 aliphatic rings. The van der Waals surface area contributed by atoms with Crippen LogP contribution in [0.1, 0.15) is 90.9 Å². The molecule has 1 saturated heterocycles. The van der Waals surface area contributed by atoms with Crippen LogP contribution < -0.4 is 0 Å². The van der Waals surface area contributed by atoms with Crippen LogP contribution in [0.2, 0.25) is 0 Å². The van der Waals surface area contributed by atoms with Crippen LogP contribution in [0.3, 0.4) is 0 Å². The molecule has 0 aromatic rings. The van der Waals surface area contributed by atoms with Crippen molar-refractivity contribution < 1.29 is 19.1 Å². The maximum atomic E-state index is 13.7. The molecule has 2 saturated carbocycles. The standard InChI is InChI=1S/C30H36O4/c1-3-5-8-22-30-14-11-17(16-21(30)27(31)33-22)19-15-18-9-10-20(29(4-2)12-6-7-13-29)26-23(18)24(25(19)30)28(32)34-26/h8,16-19,25H,3-7,9-15H2,1-2H3/b22-8-/t17-,18-,19+,25-,30+/m1/s1. The van der Waals surface area contributed by atoms with Gasteiger partial charge in [0.05, 0.1) is 5.41 Å². The van der Waals surface area contributed by atoms with E-state index >= 15 is 0 Å². The number of rotatable bonds is 4. The number of carbonyl (C=O) groups excluding carboxylic acids is 2. The van der Waals surface area contributed by atoms with Crippen LogP contribution >= 0.6 is 0 Å². The Morgan fingerprint density at radius 3 is 2.62 bits per heavy atom. The Balaban J connectivity index is 1.43. The fourth-order valence-corrected chi connectivity index (χ4v) is 9.35. The average molecular weight is 461 g/mol. The summed E-state index contributed by atoms with van der Waals surface area (Å²) < 4.78 is 12.2. The van der Waals surface area contributed by atoms with Crippen LogP contribution in [-0.2, 0) is 19.1 Å². The molecule has 0 aromatic carbocycles. The van der Waals surface area contributed by atoms with Crippen molar-refractivity contribution in [3.05, 3.63) is 46.0 Å². The maximum absolute atomic E-state index is 13.7. The lowest BCUT2D eigenvalue weighted by atomic mass is 9.45. The minimum Gasteiger partial charge on any atom is -0.427 e. The van der Waals surface area contributed by atoms with Crippen molar-refractivity contribution >= 4 is 11.9 Å². The van der Waals surface area contributed by atoms with Crippen molar-refractivity contribution in [3.8, 4) is 0 Å². The molecule has 2 aliphatic heterocycles. The molecule has 6 aliphatic carbocycles. The van der Waals surface area contributed by atoms with E-state index in [2.05, 4.69) is 26.0 Å². The molecule has 2 bridgehead atoms. The van der Waals surface area contributed by atoms with Gasteiger partial charge in [0.2, 0.25) is 0 Å². The van der Waals surface area contributed by atoms with Gasteiger partial charge in [-0.15, -0.1) is 0 Å². The predicted molar refractivity (Wildman–Crippen MR) is 128 cm³/mol. The quantitative estimate of drug-likeness (QED) is 0.439. The zero-order valence-corrected chi connectivity index (χ0v) is 20.6. The molecule has 0 N–H and O–H groups in total. The first kappa shape index (κ1) is 21.2. The van der Waals surface area contributed by atoms with E-state index in [1.807, 2.05) is 0 Å². The largest absolute Gasteiger partial charge is 0.427 e. The fourth-order valence-electron chi connectivity index (χ4n) is 9.35. The van der Waals surface area contributed by atoms with E-state index < -0.39 is 5.41 Å². The molecule has 180 valence electrons. The highest BCUT2D eigenvalue weighted by Crippen LogP contribution is 2.70. The Bertz CT molecular complexity index is 1110. The van der Waals surface area contributed by atoms with Gasteiger partial charge in [-0.2, -0.15) is 0 Å². The first-order valence-electron chi connectivity index (χ1n) is 13.9. The summed E-state index contributed by atoms with van der Waals surface area (Å²) in [5, 5.41) is 0. The summed E-state index contributed by atoms with van der Waals surface area (Å²) >= 11 is 0. The van der Waals surface area contributed by atoms with Crippen molar-refractivity contribution in [2.24, 2.45) is 34.5 Å². The lowest BCUT2D eigenvalue weighted by Crippen LogP contribution is -2.51. The molecule has 5 atom stereocenters. The van der Waals surface area contributed by atoms with Gasteiger partial charge in [-0.3, -0.25) is 0 Å². The summed E-state index contributed by atoms with van der Waals surface area (Å²) in [6.45, 7) is 4.47. The number of cyclic esters (lactones) is 1. The van der Waals surface area contributed by atoms with E-state index in [1.54, 1.807) is 0 Å². The van der Waals surface area contributed by atoms with Gasteiger partial charge in [0, 0.05) is 22.6 Å². The van der Waals surface area contributed by atoms with E-state index in [9.17, 15) is 9.59 Å². The smallest absolute Gasteiger partial charge is 0.340 e. The van der Waals surface area contributed by atoms with E-state index in [0.29, 0.717) is 17.8 Å². The molecule has 34 heavy (non-hydrogen) atoms. The summed E-state index contributed by atoms with van der Waals surface area (Å²) in [7, 11) is 0. The number of allylic oxidation sites excluding steroid dienone is 5. The zero-order chi connectivity index (χ0) is 23.2. The van der Waals surface area contributed by atoms with Crippen LogP contribution in [0.5, 0.6) is 0 Å². The minimum atomic E-state index is -0.457. The zero-order valence-electron chi connectivity index (χ0n) is 20.6. The van der Waals surface area contributed by atoms with Crippen molar-refractivity contribution in [1.82, 2.24) is 0 Å². The van der Waals surface area contributed by atoms with Crippen molar-refractivity contribution in [3.63, 3.8) is 0 Å². The number of unbranched alkanes of at least 4 members (excludes halogenated alkanes) is 1. The summed E-state index contributed by atoms with van der Waals surface area (Å²) in [6, 6.07) is 0. The van der Waals surface area contributed by atoms with Gasteiger partial charge in [0.1, 0.15) is 11.5 Å². The number of fused-ring (bicyclic) bond motifs is 1. The van der Waals surface area contributed by atoms with Gasteiger partial charge in [-0.25, -0.2) is 9.59 Å². The molecule has 1 spiro atoms. The Labute approximate surface area is 202 Å². The third kappa shape index (κ3) is 2.45. The van der Waals surface area contributed by atoms with Gasteiger partial charge in [0.15, 0.2) is 0 Å². The van der Waals surface area contributed by atoms with E-state index in [0.717, 1.165) is 74.0 Å². The van der Waals surface area contributed by atoms with Crippen molar-refractivity contribution in [2.45, 2.75) is 90.9 Å².